The molecule has 0 aromatic heterocycles. The third kappa shape index (κ3) is 5.04. The Balaban J connectivity index is 1.62. The monoisotopic (exact) mass is 371 g/mol. The van der Waals surface area contributed by atoms with E-state index in [4.69, 9.17) is 4.74 Å². The maximum atomic E-state index is 12.9. The highest BCUT2D eigenvalue weighted by Crippen LogP contribution is 2.18. The van der Waals surface area contributed by atoms with Gasteiger partial charge < -0.3 is 19.9 Å². The summed E-state index contributed by atoms with van der Waals surface area (Å²) in [5.74, 6) is -0.465. The van der Waals surface area contributed by atoms with Crippen LogP contribution >= 0.6 is 0 Å². The van der Waals surface area contributed by atoms with Crippen molar-refractivity contribution >= 4 is 17.5 Å². The zero-order valence-corrected chi connectivity index (χ0v) is 15.2. The molecule has 1 heterocycles. The van der Waals surface area contributed by atoms with Crippen LogP contribution in [0.1, 0.15) is 10.4 Å². The fourth-order valence-electron chi connectivity index (χ4n) is 2.82. The number of benzene rings is 2. The number of hydrogen-bond acceptors (Lipinski definition) is 4. The maximum Gasteiger partial charge on any atom is 0.262 e. The van der Waals surface area contributed by atoms with Crippen molar-refractivity contribution in [1.29, 1.82) is 0 Å². The third-order valence-corrected chi connectivity index (χ3v) is 4.41. The maximum absolute atomic E-state index is 12.9. The van der Waals surface area contributed by atoms with Crippen molar-refractivity contribution in [3.63, 3.8) is 0 Å². The van der Waals surface area contributed by atoms with Gasteiger partial charge in [0.05, 0.1) is 11.3 Å². The van der Waals surface area contributed by atoms with E-state index in [-0.39, 0.29) is 18.3 Å². The van der Waals surface area contributed by atoms with E-state index in [0.717, 1.165) is 13.1 Å². The Labute approximate surface area is 157 Å². The minimum Gasteiger partial charge on any atom is -0.484 e. The van der Waals surface area contributed by atoms with Gasteiger partial charge in [-0.05, 0) is 43.4 Å². The van der Waals surface area contributed by atoms with Gasteiger partial charge in [-0.1, -0.05) is 12.1 Å². The van der Waals surface area contributed by atoms with Gasteiger partial charge in [-0.15, -0.1) is 0 Å². The van der Waals surface area contributed by atoms with E-state index in [2.05, 4.69) is 10.2 Å². The molecule has 6 nitrogen and oxygen atoms in total. The first-order valence-electron chi connectivity index (χ1n) is 8.78. The number of anilines is 1. The Kier molecular flexibility index (Phi) is 6.03. The summed E-state index contributed by atoms with van der Waals surface area (Å²) < 4.78 is 18.2. The van der Waals surface area contributed by atoms with Crippen molar-refractivity contribution in [2.24, 2.45) is 0 Å². The topological polar surface area (TPSA) is 61.9 Å². The smallest absolute Gasteiger partial charge is 0.262 e. The van der Waals surface area contributed by atoms with Crippen LogP contribution in [0.2, 0.25) is 0 Å². The minimum absolute atomic E-state index is 0.0987. The zero-order chi connectivity index (χ0) is 19.2. The van der Waals surface area contributed by atoms with E-state index < -0.39 is 5.91 Å². The molecule has 1 aliphatic rings. The molecular formula is C20H22FN3O3. The first kappa shape index (κ1) is 18.8. The summed E-state index contributed by atoms with van der Waals surface area (Å²) in [6, 6.07) is 12.4. The van der Waals surface area contributed by atoms with E-state index >= 15 is 0 Å². The lowest BCUT2D eigenvalue weighted by Crippen LogP contribution is -2.47. The first-order chi connectivity index (χ1) is 13.0. The second-order valence-corrected chi connectivity index (χ2v) is 6.43. The number of likely N-dealkylation sites (N-methyl/N-ethyl adjacent to an activating group) is 1. The molecule has 2 aromatic rings. The van der Waals surface area contributed by atoms with Crippen LogP contribution < -0.4 is 10.1 Å². The molecule has 3 rings (SSSR count). The molecule has 1 N–H and O–H groups in total. The van der Waals surface area contributed by atoms with Crippen molar-refractivity contribution in [1.82, 2.24) is 9.80 Å². The molecule has 0 unspecified atom stereocenters. The van der Waals surface area contributed by atoms with Gasteiger partial charge in [0.25, 0.3) is 11.8 Å². The molecule has 0 aliphatic carbocycles. The summed E-state index contributed by atoms with van der Waals surface area (Å²) in [7, 11) is 2.02. The summed E-state index contributed by atoms with van der Waals surface area (Å²) >= 11 is 0. The van der Waals surface area contributed by atoms with Gasteiger partial charge in [-0.2, -0.15) is 0 Å². The molecule has 1 saturated heterocycles. The number of carbonyl (C=O) groups excluding carboxylic acids is 2. The highest BCUT2D eigenvalue weighted by Gasteiger charge is 2.22. The van der Waals surface area contributed by atoms with Gasteiger partial charge in [-0.3, -0.25) is 9.59 Å². The SMILES string of the molecule is CN1CCN(C(=O)c2ccccc2NC(=O)COc2ccc(F)cc2)CC1. The predicted octanol–water partition coefficient (Wildman–Crippen LogP) is 2.23. The van der Waals surface area contributed by atoms with Crippen LogP contribution in [0.5, 0.6) is 5.75 Å². The molecule has 0 spiro atoms. The molecule has 2 amide bonds. The molecule has 1 fully saturated rings. The van der Waals surface area contributed by atoms with Crippen LogP contribution in [0.3, 0.4) is 0 Å². The summed E-state index contributed by atoms with van der Waals surface area (Å²) in [5, 5.41) is 2.73. The number of para-hydroxylation sites is 1. The van der Waals surface area contributed by atoms with Crippen LogP contribution in [0, 0.1) is 5.82 Å². The average molecular weight is 371 g/mol. The fourth-order valence-corrected chi connectivity index (χ4v) is 2.82. The van der Waals surface area contributed by atoms with Crippen molar-refractivity contribution < 1.29 is 18.7 Å². The lowest BCUT2D eigenvalue weighted by Gasteiger charge is -2.32. The lowest BCUT2D eigenvalue weighted by atomic mass is 10.1. The molecule has 0 atom stereocenters. The first-order valence-corrected chi connectivity index (χ1v) is 8.78. The number of carbonyl (C=O) groups is 2. The van der Waals surface area contributed by atoms with Gasteiger partial charge in [0.15, 0.2) is 6.61 Å². The van der Waals surface area contributed by atoms with E-state index in [1.54, 1.807) is 29.2 Å². The summed E-state index contributed by atoms with van der Waals surface area (Å²) in [5.41, 5.74) is 0.909. The highest BCUT2D eigenvalue weighted by molar-refractivity contribution is 6.04. The lowest BCUT2D eigenvalue weighted by molar-refractivity contribution is -0.118. The Bertz CT molecular complexity index is 802. The standard InChI is InChI=1S/C20H22FN3O3/c1-23-10-12-24(13-11-23)20(26)17-4-2-3-5-18(17)22-19(25)14-27-16-8-6-15(21)7-9-16/h2-9H,10-14H2,1H3,(H,22,25). The van der Waals surface area contributed by atoms with E-state index in [1.165, 1.54) is 24.3 Å². The molecule has 0 radical (unpaired) electrons. The fraction of sp³-hybridized carbons (Fsp3) is 0.300. The van der Waals surface area contributed by atoms with Crippen molar-refractivity contribution in [3.8, 4) is 5.75 Å². The quantitative estimate of drug-likeness (QED) is 0.876. The number of nitrogens with zero attached hydrogens (tertiary/aromatic N) is 2. The molecule has 142 valence electrons. The largest absolute Gasteiger partial charge is 0.484 e. The number of amides is 2. The molecule has 0 bridgehead atoms. The highest BCUT2D eigenvalue weighted by atomic mass is 19.1. The second-order valence-electron chi connectivity index (χ2n) is 6.43. The number of halogens is 1. The van der Waals surface area contributed by atoms with Gasteiger partial charge in [0.1, 0.15) is 11.6 Å². The summed E-state index contributed by atoms with van der Waals surface area (Å²) in [6.07, 6.45) is 0. The Hall–Kier alpha value is -2.93. The molecule has 1 aliphatic heterocycles. The van der Waals surface area contributed by atoms with E-state index in [9.17, 15) is 14.0 Å². The molecule has 27 heavy (non-hydrogen) atoms. The Morgan fingerprint density at radius 2 is 1.70 bits per heavy atom. The van der Waals surface area contributed by atoms with Crippen molar-refractivity contribution in [3.05, 3.63) is 59.9 Å². The third-order valence-electron chi connectivity index (χ3n) is 4.41. The molecule has 2 aromatic carbocycles. The predicted molar refractivity (Wildman–Crippen MR) is 100 cm³/mol. The minimum atomic E-state index is -0.391. The van der Waals surface area contributed by atoms with Crippen molar-refractivity contribution in [2.45, 2.75) is 0 Å². The average Bonchev–Trinajstić information content (AvgIpc) is 2.68. The summed E-state index contributed by atoms with van der Waals surface area (Å²) in [4.78, 5) is 29.0. The number of hydrogen-bond donors (Lipinski definition) is 1. The Morgan fingerprint density at radius 1 is 1.04 bits per heavy atom. The zero-order valence-electron chi connectivity index (χ0n) is 15.2. The van der Waals surface area contributed by atoms with Crippen molar-refractivity contribution in [2.75, 3.05) is 45.2 Å². The van der Waals surface area contributed by atoms with Gasteiger partial charge in [0.2, 0.25) is 0 Å². The normalized spacial score (nSPS) is 14.7. The van der Waals surface area contributed by atoms with Crippen LogP contribution in [-0.4, -0.2) is 61.4 Å². The number of ether oxygens (including phenoxy) is 1. The van der Waals surface area contributed by atoms with Crippen LogP contribution in [0.4, 0.5) is 10.1 Å². The van der Waals surface area contributed by atoms with Gasteiger partial charge in [0, 0.05) is 26.2 Å². The molecular weight excluding hydrogens is 349 g/mol. The number of piperazine rings is 1. The second kappa shape index (κ2) is 8.64. The van der Waals surface area contributed by atoms with Crippen LogP contribution in [-0.2, 0) is 4.79 Å². The molecule has 0 saturated carbocycles. The van der Waals surface area contributed by atoms with Gasteiger partial charge >= 0.3 is 0 Å². The molecule has 7 heteroatoms. The number of nitrogens with one attached hydrogen (secondary N) is 1. The van der Waals surface area contributed by atoms with E-state index in [1.807, 2.05) is 7.05 Å². The summed E-state index contributed by atoms with van der Waals surface area (Å²) in [6.45, 7) is 2.73. The van der Waals surface area contributed by atoms with Crippen LogP contribution in [0.15, 0.2) is 48.5 Å². The number of rotatable bonds is 5. The van der Waals surface area contributed by atoms with Gasteiger partial charge in [-0.25, -0.2) is 4.39 Å². The van der Waals surface area contributed by atoms with Crippen LogP contribution in [0.25, 0.3) is 0 Å². The Morgan fingerprint density at radius 3 is 2.41 bits per heavy atom. The van der Waals surface area contributed by atoms with E-state index in [0.29, 0.717) is 30.1 Å².